The number of nitrogens with zero attached hydrogens (tertiary/aromatic N) is 1. The standard InChI is InChI=1S/C18H21BrN2O2.ClH/c1-2-22-8-3-9-23-17-12-13-4-5-15(19)10-14(13)11-16(17)18-20-6-7-21-18;/h4-5,10-12H,2-3,6-9H2,1H3,(H,20,21);1H. The van der Waals surface area contributed by atoms with E-state index in [0.717, 1.165) is 59.7 Å². The summed E-state index contributed by atoms with van der Waals surface area (Å²) in [5.41, 5.74) is 1.03. The maximum Gasteiger partial charge on any atom is 0.132 e. The lowest BCUT2D eigenvalue weighted by molar-refractivity contribution is 0.131. The van der Waals surface area contributed by atoms with Gasteiger partial charge in [-0.3, -0.25) is 4.99 Å². The van der Waals surface area contributed by atoms with Gasteiger partial charge in [0.15, 0.2) is 0 Å². The Morgan fingerprint density at radius 2 is 2.04 bits per heavy atom. The quantitative estimate of drug-likeness (QED) is 0.693. The molecule has 0 bridgehead atoms. The second-order valence-electron chi connectivity index (χ2n) is 5.40. The highest BCUT2D eigenvalue weighted by atomic mass is 79.9. The molecule has 0 aromatic heterocycles. The van der Waals surface area contributed by atoms with Crippen molar-refractivity contribution in [1.29, 1.82) is 0 Å². The molecule has 0 spiro atoms. The van der Waals surface area contributed by atoms with Crippen molar-refractivity contribution < 1.29 is 9.47 Å². The molecule has 130 valence electrons. The van der Waals surface area contributed by atoms with Gasteiger partial charge in [0.1, 0.15) is 11.6 Å². The minimum atomic E-state index is 0. The van der Waals surface area contributed by atoms with Crippen LogP contribution in [0, 0.1) is 0 Å². The minimum Gasteiger partial charge on any atom is -0.493 e. The van der Waals surface area contributed by atoms with Crippen LogP contribution in [0.25, 0.3) is 10.8 Å². The molecule has 4 nitrogen and oxygen atoms in total. The van der Waals surface area contributed by atoms with Crippen LogP contribution in [-0.2, 0) is 4.74 Å². The Balaban J connectivity index is 0.00000208. The van der Waals surface area contributed by atoms with Crippen LogP contribution in [0.4, 0.5) is 0 Å². The van der Waals surface area contributed by atoms with Crippen LogP contribution >= 0.6 is 28.3 Å². The maximum atomic E-state index is 6.02. The van der Waals surface area contributed by atoms with E-state index in [-0.39, 0.29) is 12.4 Å². The molecule has 1 aliphatic heterocycles. The van der Waals surface area contributed by atoms with E-state index in [0.29, 0.717) is 6.61 Å². The number of nitrogens with one attached hydrogen (secondary N) is 1. The third-order valence-corrected chi connectivity index (χ3v) is 4.22. The summed E-state index contributed by atoms with van der Waals surface area (Å²) in [5.74, 6) is 1.80. The van der Waals surface area contributed by atoms with E-state index in [1.54, 1.807) is 0 Å². The van der Waals surface area contributed by atoms with Crippen molar-refractivity contribution in [2.45, 2.75) is 13.3 Å². The lowest BCUT2D eigenvalue weighted by Crippen LogP contribution is -2.20. The van der Waals surface area contributed by atoms with Crippen LogP contribution in [-0.4, -0.2) is 38.7 Å². The monoisotopic (exact) mass is 412 g/mol. The van der Waals surface area contributed by atoms with E-state index in [1.807, 2.05) is 13.0 Å². The summed E-state index contributed by atoms with van der Waals surface area (Å²) in [4.78, 5) is 4.54. The van der Waals surface area contributed by atoms with Gasteiger partial charge in [-0.1, -0.05) is 22.0 Å². The third kappa shape index (κ3) is 4.62. The van der Waals surface area contributed by atoms with E-state index in [1.165, 1.54) is 5.39 Å². The summed E-state index contributed by atoms with van der Waals surface area (Å²) in [6, 6.07) is 10.5. The van der Waals surface area contributed by atoms with Gasteiger partial charge in [-0.05, 0) is 42.0 Å². The Kier molecular flexibility index (Phi) is 7.34. The number of amidine groups is 1. The van der Waals surface area contributed by atoms with Crippen LogP contribution in [0.2, 0.25) is 0 Å². The second-order valence-corrected chi connectivity index (χ2v) is 6.31. The van der Waals surface area contributed by atoms with E-state index in [2.05, 4.69) is 50.5 Å². The Bertz CT molecular complexity index is 721. The first-order chi connectivity index (χ1) is 11.3. The van der Waals surface area contributed by atoms with Gasteiger partial charge in [0, 0.05) is 30.7 Å². The zero-order chi connectivity index (χ0) is 16.1. The van der Waals surface area contributed by atoms with Crippen LogP contribution in [0.3, 0.4) is 0 Å². The molecule has 0 atom stereocenters. The van der Waals surface area contributed by atoms with E-state index in [4.69, 9.17) is 9.47 Å². The summed E-state index contributed by atoms with van der Waals surface area (Å²) >= 11 is 3.53. The second kappa shape index (κ2) is 9.25. The highest BCUT2D eigenvalue weighted by Crippen LogP contribution is 2.29. The lowest BCUT2D eigenvalue weighted by Gasteiger charge is -2.14. The SMILES string of the molecule is CCOCCCOc1cc2ccc(Br)cc2cc1C1=NCCN1.Cl. The minimum absolute atomic E-state index is 0. The fourth-order valence-electron chi connectivity index (χ4n) is 2.62. The van der Waals surface area contributed by atoms with E-state index >= 15 is 0 Å². The zero-order valence-electron chi connectivity index (χ0n) is 13.7. The number of aliphatic imine (C=N–C) groups is 1. The van der Waals surface area contributed by atoms with E-state index in [9.17, 15) is 0 Å². The van der Waals surface area contributed by atoms with Crippen molar-refractivity contribution in [2.24, 2.45) is 4.99 Å². The van der Waals surface area contributed by atoms with Gasteiger partial charge in [-0.15, -0.1) is 12.4 Å². The van der Waals surface area contributed by atoms with Crippen molar-refractivity contribution in [3.05, 3.63) is 40.4 Å². The van der Waals surface area contributed by atoms with Crippen LogP contribution in [0.5, 0.6) is 5.75 Å². The molecule has 24 heavy (non-hydrogen) atoms. The zero-order valence-corrected chi connectivity index (χ0v) is 16.1. The van der Waals surface area contributed by atoms with Crippen molar-refractivity contribution >= 4 is 44.9 Å². The number of hydrogen-bond acceptors (Lipinski definition) is 4. The molecule has 0 aliphatic carbocycles. The average Bonchev–Trinajstić information content (AvgIpc) is 3.08. The number of rotatable bonds is 7. The first kappa shape index (κ1) is 19.0. The Labute approximate surface area is 157 Å². The summed E-state index contributed by atoms with van der Waals surface area (Å²) in [7, 11) is 0. The van der Waals surface area contributed by atoms with Gasteiger partial charge in [0.25, 0.3) is 0 Å². The van der Waals surface area contributed by atoms with Gasteiger partial charge in [-0.25, -0.2) is 0 Å². The predicted octanol–water partition coefficient (Wildman–Crippen LogP) is 4.18. The smallest absolute Gasteiger partial charge is 0.132 e. The summed E-state index contributed by atoms with van der Waals surface area (Å²) in [6.07, 6.45) is 0.881. The number of benzene rings is 2. The molecule has 0 fully saturated rings. The topological polar surface area (TPSA) is 42.9 Å². The number of fused-ring (bicyclic) bond motifs is 1. The average molecular weight is 414 g/mol. The fraction of sp³-hybridized carbons (Fsp3) is 0.389. The summed E-state index contributed by atoms with van der Waals surface area (Å²) < 4.78 is 12.5. The molecule has 2 aromatic carbocycles. The normalized spacial score (nSPS) is 13.3. The Morgan fingerprint density at radius 3 is 2.79 bits per heavy atom. The highest BCUT2D eigenvalue weighted by molar-refractivity contribution is 9.10. The van der Waals surface area contributed by atoms with Crippen molar-refractivity contribution in [3.8, 4) is 5.75 Å². The van der Waals surface area contributed by atoms with Crippen LogP contribution in [0.15, 0.2) is 39.8 Å². The molecule has 0 amide bonds. The van der Waals surface area contributed by atoms with E-state index < -0.39 is 0 Å². The summed E-state index contributed by atoms with van der Waals surface area (Å²) in [5, 5.41) is 5.67. The Hall–Kier alpha value is -1.30. The van der Waals surface area contributed by atoms with Gasteiger partial charge in [-0.2, -0.15) is 0 Å². The molecule has 3 rings (SSSR count). The molecule has 0 saturated carbocycles. The fourth-order valence-corrected chi connectivity index (χ4v) is 3.00. The van der Waals surface area contributed by atoms with Gasteiger partial charge < -0.3 is 14.8 Å². The van der Waals surface area contributed by atoms with Gasteiger partial charge >= 0.3 is 0 Å². The largest absolute Gasteiger partial charge is 0.493 e. The number of halogens is 2. The number of hydrogen-bond donors (Lipinski definition) is 1. The van der Waals surface area contributed by atoms with Gasteiger partial charge in [0.2, 0.25) is 0 Å². The van der Waals surface area contributed by atoms with Crippen molar-refractivity contribution in [3.63, 3.8) is 0 Å². The Morgan fingerprint density at radius 1 is 1.17 bits per heavy atom. The van der Waals surface area contributed by atoms with Crippen molar-refractivity contribution in [1.82, 2.24) is 5.32 Å². The molecule has 0 unspecified atom stereocenters. The predicted molar refractivity (Wildman–Crippen MR) is 105 cm³/mol. The molecule has 0 saturated heterocycles. The first-order valence-corrected chi connectivity index (χ1v) is 8.80. The van der Waals surface area contributed by atoms with Gasteiger partial charge in [0.05, 0.1) is 18.7 Å². The molecule has 1 aliphatic rings. The molecule has 1 heterocycles. The lowest BCUT2D eigenvalue weighted by atomic mass is 10.1. The van der Waals surface area contributed by atoms with Crippen LogP contribution in [0.1, 0.15) is 18.9 Å². The molecular formula is C18H22BrClN2O2. The third-order valence-electron chi connectivity index (χ3n) is 3.72. The molecule has 0 radical (unpaired) electrons. The molecule has 2 aromatic rings. The van der Waals surface area contributed by atoms with Crippen molar-refractivity contribution in [2.75, 3.05) is 32.9 Å². The highest BCUT2D eigenvalue weighted by Gasteiger charge is 2.15. The maximum absolute atomic E-state index is 6.02. The number of ether oxygens (including phenoxy) is 2. The molecule has 6 heteroatoms. The van der Waals surface area contributed by atoms with Crippen LogP contribution < -0.4 is 10.1 Å². The molecule has 1 N–H and O–H groups in total. The first-order valence-electron chi connectivity index (χ1n) is 8.00. The molecular weight excluding hydrogens is 392 g/mol. The summed E-state index contributed by atoms with van der Waals surface area (Å²) in [6.45, 7) is 5.82.